The zero-order chi connectivity index (χ0) is 9.99. The summed E-state index contributed by atoms with van der Waals surface area (Å²) in [6.07, 6.45) is 0. The van der Waals surface area contributed by atoms with Gasteiger partial charge in [-0.05, 0) is 25.7 Å². The van der Waals surface area contributed by atoms with E-state index in [1.165, 1.54) is 4.89 Å². The summed E-state index contributed by atoms with van der Waals surface area (Å²) in [5.74, 6) is -0.698. The molecule has 0 fully saturated rings. The maximum absolute atomic E-state index is 10.9. The second-order valence-corrected chi connectivity index (χ2v) is 4.52. The molecule has 0 aromatic carbocycles. The summed E-state index contributed by atoms with van der Waals surface area (Å²) in [6.45, 7) is 4.75. The minimum Gasteiger partial charge on any atom is -0.354 e. The van der Waals surface area contributed by atoms with Crippen LogP contribution in [0.2, 0.25) is 0 Å². The van der Waals surface area contributed by atoms with Gasteiger partial charge in [-0.3, -0.25) is 0 Å². The van der Waals surface area contributed by atoms with E-state index in [9.17, 15) is 13.2 Å². The molecule has 0 heterocycles. The maximum Gasteiger partial charge on any atom is 0.331 e. The summed E-state index contributed by atoms with van der Waals surface area (Å²) in [4.78, 5) is 16.5. The van der Waals surface area contributed by atoms with Crippen LogP contribution >= 0.6 is 0 Å². The molecule has 0 aliphatic heterocycles. The van der Waals surface area contributed by atoms with E-state index < -0.39 is 21.6 Å². The van der Waals surface area contributed by atoms with Crippen molar-refractivity contribution in [3.05, 3.63) is 0 Å². The summed E-state index contributed by atoms with van der Waals surface area (Å²) in [7, 11) is -3.97. The SMILES string of the molecule is CC(C)(C)C(=O)ONS(N)(=O)=O. The lowest BCUT2D eigenvalue weighted by Crippen LogP contribution is -2.36. The lowest BCUT2D eigenvalue weighted by molar-refractivity contribution is -0.156. The Morgan fingerprint density at radius 3 is 2.08 bits per heavy atom. The predicted octanol–water partition coefficient (Wildman–Crippen LogP) is -0.716. The first-order chi connectivity index (χ1) is 5.13. The molecule has 0 unspecified atom stereocenters. The van der Waals surface area contributed by atoms with Crippen molar-refractivity contribution in [2.75, 3.05) is 0 Å². The zero-order valence-corrected chi connectivity index (χ0v) is 7.94. The lowest BCUT2D eigenvalue weighted by Gasteiger charge is -2.14. The van der Waals surface area contributed by atoms with Crippen molar-refractivity contribution in [3.63, 3.8) is 0 Å². The molecule has 0 rings (SSSR count). The smallest absolute Gasteiger partial charge is 0.331 e. The highest BCUT2D eigenvalue weighted by Gasteiger charge is 2.24. The van der Waals surface area contributed by atoms with E-state index in [4.69, 9.17) is 0 Å². The quantitative estimate of drug-likeness (QED) is 0.569. The van der Waals surface area contributed by atoms with Gasteiger partial charge in [-0.1, -0.05) is 0 Å². The highest BCUT2D eigenvalue weighted by molar-refractivity contribution is 7.87. The monoisotopic (exact) mass is 196 g/mol. The van der Waals surface area contributed by atoms with Crippen molar-refractivity contribution in [1.29, 1.82) is 0 Å². The largest absolute Gasteiger partial charge is 0.354 e. The van der Waals surface area contributed by atoms with Gasteiger partial charge >= 0.3 is 16.2 Å². The highest BCUT2D eigenvalue weighted by Crippen LogP contribution is 2.13. The summed E-state index contributed by atoms with van der Waals surface area (Å²) in [5, 5.41) is 4.51. The Bertz CT molecular complexity index is 264. The predicted molar refractivity (Wildman–Crippen MR) is 41.8 cm³/mol. The molecule has 0 amide bonds. The second kappa shape index (κ2) is 3.38. The Kier molecular flexibility index (Phi) is 3.19. The Balaban J connectivity index is 4.07. The van der Waals surface area contributed by atoms with Gasteiger partial charge < -0.3 is 4.84 Å². The van der Waals surface area contributed by atoms with Gasteiger partial charge in [0.2, 0.25) is 0 Å². The molecule has 0 atom stereocenters. The van der Waals surface area contributed by atoms with E-state index in [0.29, 0.717) is 0 Å². The van der Waals surface area contributed by atoms with Gasteiger partial charge in [-0.15, -0.1) is 0 Å². The minimum absolute atomic E-state index is 0.698. The van der Waals surface area contributed by atoms with Gasteiger partial charge in [0.1, 0.15) is 0 Å². The maximum atomic E-state index is 10.9. The molecule has 6 nitrogen and oxygen atoms in total. The van der Waals surface area contributed by atoms with Gasteiger partial charge in [0.15, 0.2) is 0 Å². The molecule has 0 spiro atoms. The highest BCUT2D eigenvalue weighted by atomic mass is 32.2. The molecule has 0 bridgehead atoms. The Labute approximate surface area is 71.2 Å². The molecule has 0 aromatic heterocycles. The van der Waals surface area contributed by atoms with Crippen molar-refractivity contribution < 1.29 is 18.0 Å². The van der Waals surface area contributed by atoms with Crippen LogP contribution in [-0.4, -0.2) is 14.4 Å². The summed E-state index contributed by atoms with van der Waals surface area (Å²) < 4.78 is 20.5. The third-order valence-electron chi connectivity index (χ3n) is 0.863. The fraction of sp³-hybridized carbons (Fsp3) is 0.800. The lowest BCUT2D eigenvalue weighted by atomic mass is 9.98. The van der Waals surface area contributed by atoms with E-state index in [0.717, 1.165) is 0 Å². The van der Waals surface area contributed by atoms with Crippen molar-refractivity contribution in [3.8, 4) is 0 Å². The first-order valence-corrected chi connectivity index (χ1v) is 4.68. The molecule has 3 N–H and O–H groups in total. The van der Waals surface area contributed by atoms with Crippen molar-refractivity contribution in [2.24, 2.45) is 10.6 Å². The van der Waals surface area contributed by atoms with Crippen LogP contribution in [-0.2, 0) is 19.8 Å². The molecule has 72 valence electrons. The van der Waals surface area contributed by atoms with Gasteiger partial charge in [-0.2, -0.15) is 8.42 Å². The van der Waals surface area contributed by atoms with E-state index in [-0.39, 0.29) is 0 Å². The van der Waals surface area contributed by atoms with E-state index >= 15 is 0 Å². The number of nitrogens with one attached hydrogen (secondary N) is 1. The Morgan fingerprint density at radius 2 is 1.83 bits per heavy atom. The average molecular weight is 196 g/mol. The molecule has 0 saturated heterocycles. The Hall–Kier alpha value is -0.660. The molecule has 0 aliphatic rings. The van der Waals surface area contributed by atoms with E-state index in [1.807, 2.05) is 0 Å². The zero-order valence-electron chi connectivity index (χ0n) is 7.12. The number of hydrogen-bond donors (Lipinski definition) is 2. The van der Waals surface area contributed by atoms with Crippen LogP contribution in [0.1, 0.15) is 20.8 Å². The molecule has 0 aromatic rings. The normalized spacial score (nSPS) is 12.7. The molecule has 12 heavy (non-hydrogen) atoms. The van der Waals surface area contributed by atoms with Crippen LogP contribution in [0, 0.1) is 5.41 Å². The van der Waals surface area contributed by atoms with Crippen LogP contribution in [0.5, 0.6) is 0 Å². The van der Waals surface area contributed by atoms with E-state index in [1.54, 1.807) is 20.8 Å². The summed E-state index contributed by atoms with van der Waals surface area (Å²) in [5.41, 5.74) is -0.766. The Morgan fingerprint density at radius 1 is 1.42 bits per heavy atom. The van der Waals surface area contributed by atoms with Crippen LogP contribution in [0.4, 0.5) is 0 Å². The van der Waals surface area contributed by atoms with Gasteiger partial charge in [0, 0.05) is 0 Å². The number of rotatable bonds is 2. The number of carbonyl (C=O) groups is 1. The van der Waals surface area contributed by atoms with Gasteiger partial charge in [-0.25, -0.2) is 9.93 Å². The van der Waals surface area contributed by atoms with Crippen molar-refractivity contribution in [2.45, 2.75) is 20.8 Å². The fourth-order valence-corrected chi connectivity index (χ4v) is 0.441. The first-order valence-electron chi connectivity index (χ1n) is 3.14. The van der Waals surface area contributed by atoms with Crippen molar-refractivity contribution >= 4 is 16.2 Å². The van der Waals surface area contributed by atoms with Crippen LogP contribution in [0.25, 0.3) is 0 Å². The van der Waals surface area contributed by atoms with E-state index in [2.05, 4.69) is 9.98 Å². The van der Waals surface area contributed by atoms with Crippen molar-refractivity contribution in [1.82, 2.24) is 4.89 Å². The fourth-order valence-electron chi connectivity index (χ4n) is 0.249. The third-order valence-corrected chi connectivity index (χ3v) is 1.18. The molecule has 7 heteroatoms. The van der Waals surface area contributed by atoms with Crippen LogP contribution < -0.4 is 10.0 Å². The van der Waals surface area contributed by atoms with Gasteiger partial charge in [0.05, 0.1) is 5.41 Å². The summed E-state index contributed by atoms with van der Waals surface area (Å²) >= 11 is 0. The average Bonchev–Trinajstić information content (AvgIpc) is 1.78. The second-order valence-electron chi connectivity index (χ2n) is 3.27. The van der Waals surface area contributed by atoms with Crippen LogP contribution in [0.15, 0.2) is 0 Å². The summed E-state index contributed by atoms with van der Waals surface area (Å²) in [6, 6.07) is 0. The van der Waals surface area contributed by atoms with Crippen LogP contribution in [0.3, 0.4) is 0 Å². The molecular weight excluding hydrogens is 184 g/mol. The standard InChI is InChI=1S/C5H12N2O4S/c1-5(2,3)4(8)11-7-12(6,9)10/h7H,1-3H3,(H2,6,9,10). The van der Waals surface area contributed by atoms with Gasteiger partial charge in [0.25, 0.3) is 0 Å². The molecule has 0 radical (unpaired) electrons. The number of hydrogen-bond acceptors (Lipinski definition) is 4. The minimum atomic E-state index is -3.97. The molecular formula is C5H12N2O4S. The topological polar surface area (TPSA) is 98.5 Å². The number of carbonyl (C=O) groups excluding carboxylic acids is 1. The first kappa shape index (κ1) is 11.3. The number of nitrogens with two attached hydrogens (primary N) is 1. The molecule has 0 saturated carbocycles. The molecule has 0 aliphatic carbocycles. The third kappa shape index (κ3) is 5.05.